The van der Waals surface area contributed by atoms with Crippen LogP contribution in [-0.2, 0) is 4.79 Å². The van der Waals surface area contributed by atoms with Gasteiger partial charge in [0.15, 0.2) is 4.32 Å². The van der Waals surface area contributed by atoms with E-state index in [1.165, 1.54) is 29.1 Å². The first kappa shape index (κ1) is 19.6. The molecule has 8 heteroatoms. The van der Waals surface area contributed by atoms with Crippen LogP contribution in [0.3, 0.4) is 0 Å². The Morgan fingerprint density at radius 3 is 2.48 bits per heavy atom. The van der Waals surface area contributed by atoms with Gasteiger partial charge in [0.2, 0.25) is 0 Å². The van der Waals surface area contributed by atoms with Gasteiger partial charge in [-0.3, -0.25) is 19.8 Å². The number of piperidine rings is 1. The number of carbonyl (C=O) groups is 1. The highest BCUT2D eigenvalue weighted by Crippen LogP contribution is 2.38. The summed E-state index contributed by atoms with van der Waals surface area (Å²) in [6, 6.07) is 14.1. The van der Waals surface area contributed by atoms with E-state index in [0.29, 0.717) is 20.5 Å². The molecule has 29 heavy (non-hydrogen) atoms. The molecule has 0 radical (unpaired) electrons. The second kappa shape index (κ2) is 8.34. The number of thioether (sulfide) groups is 1. The van der Waals surface area contributed by atoms with Crippen LogP contribution in [0.1, 0.15) is 24.8 Å². The van der Waals surface area contributed by atoms with E-state index >= 15 is 0 Å². The molecular formula is C21H19N3O3S2. The molecule has 2 aliphatic rings. The van der Waals surface area contributed by atoms with E-state index in [2.05, 4.69) is 4.90 Å². The molecule has 1 amide bonds. The predicted octanol–water partition coefficient (Wildman–Crippen LogP) is 4.99. The predicted molar refractivity (Wildman–Crippen MR) is 121 cm³/mol. The van der Waals surface area contributed by atoms with Gasteiger partial charge in [-0.25, -0.2) is 0 Å². The minimum atomic E-state index is -0.410. The third kappa shape index (κ3) is 4.04. The number of thiocarbonyl (C=S) groups is 1. The number of benzene rings is 2. The molecule has 2 aromatic rings. The summed E-state index contributed by atoms with van der Waals surface area (Å²) >= 11 is 6.65. The molecular weight excluding hydrogens is 406 g/mol. The Morgan fingerprint density at radius 1 is 1.07 bits per heavy atom. The van der Waals surface area contributed by atoms with Crippen LogP contribution in [0, 0.1) is 10.1 Å². The number of para-hydroxylation sites is 1. The number of nitrogens with zero attached hydrogens (tertiary/aromatic N) is 3. The first-order chi connectivity index (χ1) is 14.0. The molecule has 0 atom stereocenters. The number of rotatable bonds is 4. The Hall–Kier alpha value is -2.71. The Morgan fingerprint density at radius 2 is 1.79 bits per heavy atom. The smallest absolute Gasteiger partial charge is 0.270 e. The van der Waals surface area contributed by atoms with E-state index in [4.69, 9.17) is 12.2 Å². The van der Waals surface area contributed by atoms with Crippen LogP contribution >= 0.6 is 24.0 Å². The summed E-state index contributed by atoms with van der Waals surface area (Å²) in [6.07, 6.45) is 5.10. The zero-order chi connectivity index (χ0) is 20.4. The molecule has 0 unspecified atom stereocenters. The topological polar surface area (TPSA) is 66.7 Å². The zero-order valence-corrected chi connectivity index (χ0v) is 17.2. The van der Waals surface area contributed by atoms with Crippen LogP contribution in [0.5, 0.6) is 0 Å². The lowest BCUT2D eigenvalue weighted by Crippen LogP contribution is -2.30. The first-order valence-corrected chi connectivity index (χ1v) is 10.6. The van der Waals surface area contributed by atoms with Crippen LogP contribution in [0.4, 0.5) is 17.1 Å². The fraction of sp³-hybridized carbons (Fsp3) is 0.238. The van der Waals surface area contributed by atoms with Gasteiger partial charge in [0.25, 0.3) is 11.6 Å². The number of amides is 1. The normalized spacial score (nSPS) is 18.6. The molecule has 6 nitrogen and oxygen atoms in total. The maximum atomic E-state index is 13.0. The summed E-state index contributed by atoms with van der Waals surface area (Å²) in [5, 5.41) is 11.3. The van der Waals surface area contributed by atoms with Gasteiger partial charge in [0.1, 0.15) is 0 Å². The number of nitro groups is 1. The molecule has 0 bridgehead atoms. The van der Waals surface area contributed by atoms with Gasteiger partial charge in [-0.05, 0) is 43.5 Å². The lowest BCUT2D eigenvalue weighted by atomic mass is 10.1. The van der Waals surface area contributed by atoms with Crippen LogP contribution in [-0.4, -0.2) is 28.2 Å². The van der Waals surface area contributed by atoms with E-state index in [-0.39, 0.29) is 11.6 Å². The summed E-state index contributed by atoms with van der Waals surface area (Å²) in [5.74, 6) is -0.206. The van der Waals surface area contributed by atoms with E-state index in [1.807, 2.05) is 30.3 Å². The molecule has 2 aromatic carbocycles. The van der Waals surface area contributed by atoms with Crippen LogP contribution in [0.2, 0.25) is 0 Å². The summed E-state index contributed by atoms with van der Waals surface area (Å²) in [4.78, 5) is 28.1. The molecule has 0 aliphatic carbocycles. The van der Waals surface area contributed by atoms with Gasteiger partial charge in [0.05, 0.1) is 15.5 Å². The molecule has 0 saturated carbocycles. The fourth-order valence-corrected chi connectivity index (χ4v) is 4.89. The zero-order valence-electron chi connectivity index (χ0n) is 15.6. The third-order valence-electron chi connectivity index (χ3n) is 5.01. The number of non-ortho nitro benzene ring substituents is 1. The van der Waals surface area contributed by atoms with Gasteiger partial charge in [-0.1, -0.05) is 42.2 Å². The van der Waals surface area contributed by atoms with E-state index in [9.17, 15) is 14.9 Å². The Kier molecular flexibility index (Phi) is 5.64. The lowest BCUT2D eigenvalue weighted by Gasteiger charge is -2.30. The van der Waals surface area contributed by atoms with Crippen molar-refractivity contribution < 1.29 is 9.72 Å². The van der Waals surface area contributed by atoms with Gasteiger partial charge in [0, 0.05) is 36.5 Å². The minimum absolute atomic E-state index is 0.00977. The number of anilines is 2. The van der Waals surface area contributed by atoms with Crippen molar-refractivity contribution in [3.8, 4) is 0 Å². The Balaban J connectivity index is 1.72. The quantitative estimate of drug-likeness (QED) is 0.298. The average Bonchev–Trinajstić information content (AvgIpc) is 3.02. The second-order valence-electron chi connectivity index (χ2n) is 6.90. The molecule has 4 rings (SSSR count). The number of carbonyl (C=O) groups excluding carboxylic acids is 1. The van der Waals surface area contributed by atoms with Crippen molar-refractivity contribution in [2.45, 2.75) is 19.3 Å². The second-order valence-corrected chi connectivity index (χ2v) is 8.58. The van der Waals surface area contributed by atoms with E-state index in [1.54, 1.807) is 18.2 Å². The Labute approximate surface area is 178 Å². The SMILES string of the molecule is O=C1C(=Cc2cc([N+](=O)[O-])ccc2N2CCCCC2)SC(=S)N1c1ccccc1. The van der Waals surface area contributed by atoms with Crippen LogP contribution < -0.4 is 9.80 Å². The van der Waals surface area contributed by atoms with Crippen LogP contribution in [0.15, 0.2) is 53.4 Å². The largest absolute Gasteiger partial charge is 0.371 e. The van der Waals surface area contributed by atoms with Crippen molar-refractivity contribution in [3.63, 3.8) is 0 Å². The summed E-state index contributed by atoms with van der Waals surface area (Å²) in [6.45, 7) is 1.81. The van der Waals surface area contributed by atoms with Gasteiger partial charge in [-0.2, -0.15) is 0 Å². The highest BCUT2D eigenvalue weighted by Gasteiger charge is 2.33. The molecule has 2 aliphatic heterocycles. The molecule has 2 heterocycles. The molecule has 0 N–H and O–H groups in total. The number of nitro benzene ring substituents is 1. The Bertz CT molecular complexity index is 1000. The number of hydrogen-bond acceptors (Lipinski definition) is 6. The lowest BCUT2D eigenvalue weighted by molar-refractivity contribution is -0.384. The highest BCUT2D eigenvalue weighted by molar-refractivity contribution is 8.27. The van der Waals surface area contributed by atoms with Crippen molar-refractivity contribution in [2.24, 2.45) is 0 Å². The van der Waals surface area contributed by atoms with Crippen LogP contribution in [0.25, 0.3) is 6.08 Å². The molecule has 2 saturated heterocycles. The molecule has 0 spiro atoms. The van der Waals surface area contributed by atoms with Crippen molar-refractivity contribution in [1.82, 2.24) is 0 Å². The van der Waals surface area contributed by atoms with Crippen molar-refractivity contribution in [2.75, 3.05) is 22.9 Å². The standard InChI is InChI=1S/C21H19N3O3S2/c25-20-19(29-21(28)23(20)16-7-3-1-4-8-16)14-15-13-17(24(26)27)9-10-18(15)22-11-5-2-6-12-22/h1,3-4,7-10,13-14H,2,5-6,11-12H2. The van der Waals surface area contributed by atoms with Crippen molar-refractivity contribution >= 4 is 57.3 Å². The van der Waals surface area contributed by atoms with Gasteiger partial charge < -0.3 is 4.90 Å². The highest BCUT2D eigenvalue weighted by atomic mass is 32.2. The fourth-order valence-electron chi connectivity index (χ4n) is 3.60. The molecule has 148 valence electrons. The monoisotopic (exact) mass is 425 g/mol. The minimum Gasteiger partial charge on any atom is -0.371 e. The van der Waals surface area contributed by atoms with Gasteiger partial charge in [-0.15, -0.1) is 0 Å². The van der Waals surface area contributed by atoms with Gasteiger partial charge >= 0.3 is 0 Å². The summed E-state index contributed by atoms with van der Waals surface area (Å²) in [5.41, 5.74) is 2.32. The van der Waals surface area contributed by atoms with E-state index < -0.39 is 4.92 Å². The summed E-state index contributed by atoms with van der Waals surface area (Å²) < 4.78 is 0.456. The maximum absolute atomic E-state index is 13.0. The number of hydrogen-bond donors (Lipinski definition) is 0. The third-order valence-corrected chi connectivity index (χ3v) is 6.32. The summed E-state index contributed by atoms with van der Waals surface area (Å²) in [7, 11) is 0. The van der Waals surface area contributed by atoms with E-state index in [0.717, 1.165) is 31.6 Å². The average molecular weight is 426 g/mol. The molecule has 0 aromatic heterocycles. The van der Waals surface area contributed by atoms with Crippen molar-refractivity contribution in [3.05, 3.63) is 69.1 Å². The first-order valence-electron chi connectivity index (χ1n) is 9.41. The molecule has 2 fully saturated rings. The maximum Gasteiger partial charge on any atom is 0.270 e. The van der Waals surface area contributed by atoms with Crippen molar-refractivity contribution in [1.29, 1.82) is 0 Å².